The fraction of sp³-hybridized carbons (Fsp3) is 0.385. The number of anilines is 1. The topological polar surface area (TPSA) is 98.2 Å². The lowest BCUT2D eigenvalue weighted by atomic mass is 9.51. The highest BCUT2D eigenvalue weighted by molar-refractivity contribution is 6.31. The van der Waals surface area contributed by atoms with E-state index in [-0.39, 0.29) is 40.7 Å². The molecule has 4 amide bonds. The van der Waals surface area contributed by atoms with Gasteiger partial charge in [0.25, 0.3) is 0 Å². The lowest BCUT2D eigenvalue weighted by molar-refractivity contribution is -0.144. The van der Waals surface area contributed by atoms with Crippen LogP contribution in [0.3, 0.4) is 0 Å². The summed E-state index contributed by atoms with van der Waals surface area (Å²) in [6, 6.07) is 20.5. The summed E-state index contributed by atoms with van der Waals surface area (Å²) >= 11 is 6.09. The van der Waals surface area contributed by atoms with Crippen LogP contribution in [0.25, 0.3) is 0 Å². The van der Waals surface area contributed by atoms with Gasteiger partial charge in [-0.15, -0.1) is 0 Å². The lowest BCUT2D eigenvalue weighted by Crippen LogP contribution is -2.49. The van der Waals surface area contributed by atoms with Crippen molar-refractivity contribution in [3.8, 4) is 5.75 Å². The number of imide groups is 2. The van der Waals surface area contributed by atoms with Crippen LogP contribution in [0.2, 0.25) is 5.02 Å². The van der Waals surface area contributed by atoms with Gasteiger partial charge in [0.2, 0.25) is 23.6 Å². The number of carbonyl (C=O) groups is 4. The Kier molecular flexibility index (Phi) is 7.76. The van der Waals surface area contributed by atoms with Crippen molar-refractivity contribution in [2.24, 2.45) is 29.1 Å². The summed E-state index contributed by atoms with van der Waals surface area (Å²) in [5.74, 6) is -4.75. The fourth-order valence-corrected chi connectivity index (χ4v) is 9.67. The third-order valence-corrected chi connectivity index (χ3v) is 12.2. The molecule has 3 saturated heterocycles. The second-order valence-corrected chi connectivity index (χ2v) is 14.8. The maximum Gasteiger partial charge on any atom is 0.241 e. The van der Waals surface area contributed by atoms with Gasteiger partial charge in [0, 0.05) is 31.6 Å². The molecular formula is C39H37ClFN3O5. The Morgan fingerprint density at radius 2 is 1.61 bits per heavy atom. The first-order valence-electron chi connectivity index (χ1n) is 17.0. The average Bonchev–Trinajstić information content (AvgIpc) is 3.47. The van der Waals surface area contributed by atoms with Crippen molar-refractivity contribution in [2.75, 3.05) is 18.0 Å². The number of phenols is 1. The number of amides is 4. The number of benzene rings is 3. The molecule has 3 aromatic carbocycles. The quantitative estimate of drug-likeness (QED) is 0.259. The van der Waals surface area contributed by atoms with Crippen molar-refractivity contribution >= 4 is 40.9 Å². The number of hydrogen-bond donors (Lipinski definition) is 1. The van der Waals surface area contributed by atoms with E-state index in [1.807, 2.05) is 24.3 Å². The van der Waals surface area contributed by atoms with Crippen LogP contribution in [-0.4, -0.2) is 57.7 Å². The van der Waals surface area contributed by atoms with Crippen LogP contribution in [0, 0.1) is 34.9 Å². The summed E-state index contributed by atoms with van der Waals surface area (Å²) in [6.45, 7) is 4.17. The first-order valence-corrected chi connectivity index (χ1v) is 17.4. The van der Waals surface area contributed by atoms with E-state index in [0.29, 0.717) is 19.3 Å². The molecule has 0 bridgehead atoms. The van der Waals surface area contributed by atoms with Gasteiger partial charge in [0.1, 0.15) is 11.6 Å². The van der Waals surface area contributed by atoms with Crippen LogP contribution in [-0.2, 0) is 25.7 Å². The zero-order valence-electron chi connectivity index (χ0n) is 27.1. The van der Waals surface area contributed by atoms with E-state index < -0.39 is 52.6 Å². The molecule has 10 heteroatoms. The Hall–Kier alpha value is -4.34. The second-order valence-electron chi connectivity index (χ2n) is 14.4. The van der Waals surface area contributed by atoms with Gasteiger partial charge in [-0.1, -0.05) is 65.7 Å². The molecule has 2 aliphatic carbocycles. The number of carbonyl (C=O) groups excluding carboxylic acids is 4. The predicted octanol–water partition coefficient (Wildman–Crippen LogP) is 6.08. The van der Waals surface area contributed by atoms with Gasteiger partial charge < -0.3 is 5.11 Å². The minimum atomic E-state index is -1.24. The van der Waals surface area contributed by atoms with Gasteiger partial charge in [-0.3, -0.25) is 29.0 Å². The van der Waals surface area contributed by atoms with Crippen molar-refractivity contribution in [3.05, 3.63) is 106 Å². The van der Waals surface area contributed by atoms with Crippen LogP contribution < -0.4 is 4.90 Å². The Balaban J connectivity index is 1.12. The average molecular weight is 682 g/mol. The molecule has 4 fully saturated rings. The SMILES string of the molecule is C[C@@]12C(=O)N(c3ccc(F)c(Cl)c3)C(=O)[C@@H]1C[C@@H]1C(=CC[C@@H]3C(=O)N(C4CCN(Cc5ccccc5)CC4)C(=O)[C@@H]31)[C@@H]2c1ccc(O)cc1. The van der Waals surface area contributed by atoms with Crippen LogP contribution in [0.15, 0.2) is 84.4 Å². The van der Waals surface area contributed by atoms with Crippen molar-refractivity contribution < 1.29 is 28.7 Å². The van der Waals surface area contributed by atoms with Gasteiger partial charge in [0.05, 0.1) is 33.9 Å². The molecule has 3 aromatic rings. The standard InChI is InChI=1S/C39H37ClFN3O5/c1-39-30(36(47)44(38(39)49)25-9-14-32(41)31(40)19-25)20-29-27(34(39)23-7-10-26(45)11-8-23)12-13-28-33(29)37(48)43(35(28)46)24-15-17-42(18-16-24)21-22-5-3-2-4-6-22/h2-12,14,19,24,28-30,33-34,45H,13,15-18,20-21H2,1H3/t28-,29+,30-,33-,34-,39+/m0/s1. The van der Waals surface area contributed by atoms with Crippen molar-refractivity contribution in [1.29, 1.82) is 0 Å². The highest BCUT2D eigenvalue weighted by atomic mass is 35.5. The lowest BCUT2D eigenvalue weighted by Gasteiger charge is -2.49. The molecule has 49 heavy (non-hydrogen) atoms. The summed E-state index contributed by atoms with van der Waals surface area (Å²) < 4.78 is 14.1. The van der Waals surface area contributed by atoms with E-state index in [4.69, 9.17) is 11.6 Å². The van der Waals surface area contributed by atoms with E-state index in [0.717, 1.165) is 41.7 Å². The van der Waals surface area contributed by atoms with Gasteiger partial charge in [-0.2, -0.15) is 0 Å². The molecular weight excluding hydrogens is 645 g/mol. The largest absolute Gasteiger partial charge is 0.508 e. The maximum absolute atomic E-state index is 14.5. The number of aromatic hydroxyl groups is 1. The molecule has 5 aliphatic rings. The number of nitrogens with zero attached hydrogens (tertiary/aromatic N) is 3. The smallest absolute Gasteiger partial charge is 0.241 e. The van der Waals surface area contributed by atoms with Crippen molar-refractivity contribution in [3.63, 3.8) is 0 Å². The third kappa shape index (κ3) is 4.96. The Bertz CT molecular complexity index is 1890. The number of hydrogen-bond acceptors (Lipinski definition) is 6. The highest BCUT2D eigenvalue weighted by Crippen LogP contribution is 2.63. The van der Waals surface area contributed by atoms with Crippen LogP contribution in [0.5, 0.6) is 5.75 Å². The molecule has 6 atom stereocenters. The second kappa shape index (κ2) is 11.9. The number of allylic oxidation sites excluding steroid dienone is 2. The molecule has 0 radical (unpaired) electrons. The van der Waals surface area contributed by atoms with E-state index in [1.165, 1.54) is 22.6 Å². The van der Waals surface area contributed by atoms with Gasteiger partial charge in [0.15, 0.2) is 0 Å². The highest BCUT2D eigenvalue weighted by Gasteiger charge is 2.67. The maximum atomic E-state index is 14.5. The molecule has 8 nitrogen and oxygen atoms in total. The molecule has 0 unspecified atom stereocenters. The zero-order chi connectivity index (χ0) is 34.2. The molecule has 0 spiro atoms. The fourth-order valence-electron chi connectivity index (χ4n) is 9.49. The normalized spacial score (nSPS) is 30.3. The molecule has 0 aromatic heterocycles. The number of halogens is 2. The third-order valence-electron chi connectivity index (χ3n) is 11.9. The van der Waals surface area contributed by atoms with E-state index in [2.05, 4.69) is 17.0 Å². The van der Waals surface area contributed by atoms with Crippen molar-refractivity contribution in [1.82, 2.24) is 9.80 Å². The van der Waals surface area contributed by atoms with E-state index >= 15 is 0 Å². The van der Waals surface area contributed by atoms with E-state index in [9.17, 15) is 28.7 Å². The predicted molar refractivity (Wildman–Crippen MR) is 181 cm³/mol. The first kappa shape index (κ1) is 31.9. The van der Waals surface area contributed by atoms with Gasteiger partial charge >= 0.3 is 0 Å². The summed E-state index contributed by atoms with van der Waals surface area (Å²) in [6.07, 6.45) is 4.04. The molecule has 3 heterocycles. The van der Waals surface area contributed by atoms with Crippen molar-refractivity contribution in [2.45, 2.75) is 51.1 Å². The monoisotopic (exact) mass is 681 g/mol. The Labute approximate surface area is 289 Å². The number of phenolic OH excluding ortho intramolecular Hbond substituents is 1. The summed E-state index contributed by atoms with van der Waals surface area (Å²) in [7, 11) is 0. The van der Waals surface area contributed by atoms with Gasteiger partial charge in [-0.25, -0.2) is 9.29 Å². The minimum absolute atomic E-state index is 0.0638. The molecule has 252 valence electrons. The summed E-state index contributed by atoms with van der Waals surface area (Å²) in [5, 5.41) is 9.92. The number of piperidine rings is 1. The first-order chi connectivity index (χ1) is 23.6. The molecule has 3 aliphatic heterocycles. The molecule has 1 saturated carbocycles. The number of rotatable bonds is 5. The van der Waals surface area contributed by atoms with Crippen LogP contribution in [0.4, 0.5) is 10.1 Å². The Morgan fingerprint density at radius 3 is 2.31 bits per heavy atom. The van der Waals surface area contributed by atoms with Crippen LogP contribution in [0.1, 0.15) is 49.7 Å². The molecule has 8 rings (SSSR count). The Morgan fingerprint density at radius 1 is 0.898 bits per heavy atom. The summed E-state index contributed by atoms with van der Waals surface area (Å²) in [4.78, 5) is 62.3. The van der Waals surface area contributed by atoms with E-state index in [1.54, 1.807) is 31.2 Å². The molecule has 1 N–H and O–H groups in total. The number of fused-ring (bicyclic) bond motifs is 4. The number of likely N-dealkylation sites (tertiary alicyclic amines) is 2. The van der Waals surface area contributed by atoms with Gasteiger partial charge in [-0.05, 0) is 80.0 Å². The minimum Gasteiger partial charge on any atom is -0.508 e. The zero-order valence-corrected chi connectivity index (χ0v) is 27.9. The van der Waals surface area contributed by atoms with Crippen LogP contribution >= 0.6 is 11.6 Å². The summed E-state index contributed by atoms with van der Waals surface area (Å²) in [5.41, 5.74) is 1.80.